The van der Waals surface area contributed by atoms with Gasteiger partial charge >= 0.3 is 0 Å². The van der Waals surface area contributed by atoms with E-state index in [1.54, 1.807) is 31.3 Å². The molecule has 0 bridgehead atoms. The molecular formula is C10H8BrN3O2. The molecule has 0 aromatic carbocycles. The van der Waals surface area contributed by atoms with Gasteiger partial charge in [-0.1, -0.05) is 5.16 Å². The molecule has 1 N–H and O–H groups in total. The number of pyridine rings is 1. The lowest BCUT2D eigenvalue weighted by molar-refractivity contribution is 0.0987. The Hall–Kier alpha value is -1.69. The number of carbonyl (C=O) groups is 1. The fourth-order valence-corrected chi connectivity index (χ4v) is 1.47. The molecule has 0 aliphatic heterocycles. The van der Waals surface area contributed by atoms with Crippen molar-refractivity contribution >= 4 is 27.7 Å². The van der Waals surface area contributed by atoms with Crippen molar-refractivity contribution in [2.45, 2.75) is 6.92 Å². The van der Waals surface area contributed by atoms with Crippen molar-refractivity contribution in [1.82, 2.24) is 10.1 Å². The van der Waals surface area contributed by atoms with Crippen molar-refractivity contribution in [1.29, 1.82) is 0 Å². The molecule has 0 fully saturated rings. The lowest BCUT2D eigenvalue weighted by Gasteiger charge is -2.02. The second-order valence-electron chi connectivity index (χ2n) is 3.12. The normalized spacial score (nSPS) is 10.1. The molecule has 0 aliphatic rings. The van der Waals surface area contributed by atoms with Gasteiger partial charge in [-0.2, -0.15) is 0 Å². The molecule has 0 saturated heterocycles. The zero-order valence-corrected chi connectivity index (χ0v) is 9.98. The third-order valence-electron chi connectivity index (χ3n) is 1.84. The summed E-state index contributed by atoms with van der Waals surface area (Å²) in [5.74, 6) is 0.233. The average molecular weight is 282 g/mol. The Balaban J connectivity index is 2.17. The summed E-state index contributed by atoms with van der Waals surface area (Å²) < 4.78 is 5.54. The van der Waals surface area contributed by atoms with Gasteiger partial charge in [-0.15, -0.1) is 0 Å². The van der Waals surface area contributed by atoms with E-state index in [1.165, 1.54) is 0 Å². The smallest absolute Gasteiger partial charge is 0.295 e. The van der Waals surface area contributed by atoms with Crippen LogP contribution in [-0.2, 0) is 0 Å². The first kappa shape index (κ1) is 10.8. The molecule has 0 saturated carbocycles. The molecule has 0 spiro atoms. The van der Waals surface area contributed by atoms with Crippen LogP contribution in [0.4, 0.5) is 5.82 Å². The third kappa shape index (κ3) is 2.27. The molecule has 5 nitrogen and oxygen atoms in total. The van der Waals surface area contributed by atoms with Gasteiger partial charge in [-0.3, -0.25) is 4.79 Å². The maximum absolute atomic E-state index is 11.7. The predicted octanol–water partition coefficient (Wildman–Crippen LogP) is 2.39. The first-order valence-corrected chi connectivity index (χ1v) is 5.31. The highest BCUT2D eigenvalue weighted by atomic mass is 79.9. The van der Waals surface area contributed by atoms with Crippen molar-refractivity contribution < 1.29 is 9.32 Å². The first-order chi connectivity index (χ1) is 7.66. The molecule has 16 heavy (non-hydrogen) atoms. The summed E-state index contributed by atoms with van der Waals surface area (Å²) in [5.41, 5.74) is 0.658. The molecule has 2 aromatic heterocycles. The molecule has 2 rings (SSSR count). The van der Waals surface area contributed by atoms with Crippen LogP contribution in [0.25, 0.3) is 0 Å². The minimum absolute atomic E-state index is 0.162. The van der Waals surface area contributed by atoms with Crippen LogP contribution in [0.2, 0.25) is 0 Å². The molecule has 6 heteroatoms. The number of aromatic nitrogens is 2. The highest BCUT2D eigenvalue weighted by Crippen LogP contribution is 2.19. The van der Waals surface area contributed by atoms with Gasteiger partial charge < -0.3 is 9.84 Å². The number of aryl methyl sites for hydroxylation is 1. The summed E-state index contributed by atoms with van der Waals surface area (Å²) in [7, 11) is 0. The molecule has 1 amide bonds. The van der Waals surface area contributed by atoms with Crippen molar-refractivity contribution in [2.75, 3.05) is 5.32 Å². The highest BCUT2D eigenvalue weighted by molar-refractivity contribution is 9.10. The molecular weight excluding hydrogens is 274 g/mol. The monoisotopic (exact) mass is 281 g/mol. The number of nitrogens with one attached hydrogen (secondary N) is 1. The Morgan fingerprint density at radius 1 is 1.56 bits per heavy atom. The summed E-state index contributed by atoms with van der Waals surface area (Å²) in [4.78, 5) is 15.7. The van der Waals surface area contributed by atoms with Crippen molar-refractivity contribution in [3.05, 3.63) is 40.3 Å². The summed E-state index contributed by atoms with van der Waals surface area (Å²) >= 11 is 3.28. The van der Waals surface area contributed by atoms with E-state index in [2.05, 4.69) is 31.4 Å². The lowest BCUT2D eigenvalue weighted by atomic mass is 10.3. The van der Waals surface area contributed by atoms with Crippen molar-refractivity contribution in [2.24, 2.45) is 0 Å². The number of hydrogen-bond donors (Lipinski definition) is 1. The second-order valence-corrected chi connectivity index (χ2v) is 3.97. The van der Waals surface area contributed by atoms with Gasteiger partial charge in [0.1, 0.15) is 5.82 Å². The standard InChI is InChI=1S/C10H8BrN3O2/c1-6-5-8(16-14-6)10(15)13-9-7(11)3-2-4-12-9/h2-5H,1H3,(H,12,13,15). The first-order valence-electron chi connectivity index (χ1n) is 4.52. The molecule has 0 radical (unpaired) electrons. The number of rotatable bonds is 2. The van der Waals surface area contributed by atoms with E-state index in [4.69, 9.17) is 4.52 Å². The van der Waals surface area contributed by atoms with Crippen LogP contribution in [0.5, 0.6) is 0 Å². The largest absolute Gasteiger partial charge is 0.351 e. The quantitative estimate of drug-likeness (QED) is 0.918. The van der Waals surface area contributed by atoms with Crippen molar-refractivity contribution in [3.8, 4) is 0 Å². The van der Waals surface area contributed by atoms with Crippen LogP contribution in [0.1, 0.15) is 16.2 Å². The second kappa shape index (κ2) is 4.44. The zero-order chi connectivity index (χ0) is 11.5. The van der Waals surface area contributed by atoms with Crippen molar-refractivity contribution in [3.63, 3.8) is 0 Å². The number of hydrogen-bond acceptors (Lipinski definition) is 4. The fourth-order valence-electron chi connectivity index (χ4n) is 1.12. The number of anilines is 1. The van der Waals surface area contributed by atoms with Crippen LogP contribution >= 0.6 is 15.9 Å². The zero-order valence-electron chi connectivity index (χ0n) is 8.40. The number of halogens is 1. The van der Waals surface area contributed by atoms with Crippen LogP contribution in [-0.4, -0.2) is 16.0 Å². The maximum atomic E-state index is 11.7. The van der Waals surface area contributed by atoms with Gasteiger partial charge in [-0.25, -0.2) is 4.98 Å². The van der Waals surface area contributed by atoms with Gasteiger partial charge in [0.2, 0.25) is 5.76 Å². The lowest BCUT2D eigenvalue weighted by Crippen LogP contribution is -2.12. The summed E-state index contributed by atoms with van der Waals surface area (Å²) in [5, 5.41) is 6.24. The van der Waals surface area contributed by atoms with E-state index in [1.807, 2.05) is 0 Å². The fraction of sp³-hybridized carbons (Fsp3) is 0.100. The Kier molecular flexibility index (Phi) is 3.00. The molecule has 0 atom stereocenters. The summed E-state index contributed by atoms with van der Waals surface area (Å²) in [6.07, 6.45) is 1.59. The Morgan fingerprint density at radius 2 is 2.38 bits per heavy atom. The number of amides is 1. The minimum atomic E-state index is -0.375. The molecule has 0 unspecified atom stereocenters. The van der Waals surface area contributed by atoms with E-state index in [-0.39, 0.29) is 11.7 Å². The van der Waals surface area contributed by atoms with E-state index in [0.29, 0.717) is 16.0 Å². The van der Waals surface area contributed by atoms with Crippen LogP contribution in [0.15, 0.2) is 33.4 Å². The molecule has 0 aliphatic carbocycles. The molecule has 2 aromatic rings. The average Bonchev–Trinajstić information content (AvgIpc) is 2.68. The third-order valence-corrected chi connectivity index (χ3v) is 2.48. The van der Waals surface area contributed by atoms with E-state index in [0.717, 1.165) is 0 Å². The predicted molar refractivity (Wildman–Crippen MR) is 61.1 cm³/mol. The van der Waals surface area contributed by atoms with Gasteiger partial charge in [0.05, 0.1) is 10.2 Å². The number of carbonyl (C=O) groups excluding carboxylic acids is 1. The van der Waals surface area contributed by atoms with E-state index in [9.17, 15) is 4.79 Å². The Bertz CT molecular complexity index is 524. The van der Waals surface area contributed by atoms with Crippen LogP contribution in [0, 0.1) is 6.92 Å². The van der Waals surface area contributed by atoms with Gasteiger partial charge in [-0.05, 0) is 35.0 Å². The molecule has 82 valence electrons. The topological polar surface area (TPSA) is 68.0 Å². The van der Waals surface area contributed by atoms with Gasteiger partial charge in [0.25, 0.3) is 5.91 Å². The van der Waals surface area contributed by atoms with Gasteiger partial charge in [0.15, 0.2) is 0 Å². The van der Waals surface area contributed by atoms with Crippen LogP contribution in [0.3, 0.4) is 0 Å². The molecule has 2 heterocycles. The summed E-state index contributed by atoms with van der Waals surface area (Å²) in [6, 6.07) is 5.11. The SMILES string of the molecule is Cc1cc(C(=O)Nc2ncccc2Br)on1. The highest BCUT2D eigenvalue weighted by Gasteiger charge is 2.13. The van der Waals surface area contributed by atoms with Gasteiger partial charge in [0, 0.05) is 12.3 Å². The Morgan fingerprint density at radius 3 is 3.00 bits per heavy atom. The number of nitrogens with zero attached hydrogens (tertiary/aromatic N) is 2. The van der Waals surface area contributed by atoms with E-state index >= 15 is 0 Å². The minimum Gasteiger partial charge on any atom is -0.351 e. The van der Waals surface area contributed by atoms with E-state index < -0.39 is 0 Å². The van der Waals surface area contributed by atoms with Crippen LogP contribution < -0.4 is 5.32 Å². The summed E-state index contributed by atoms with van der Waals surface area (Å²) in [6.45, 7) is 1.75. The Labute approximate surface area is 100.0 Å². The maximum Gasteiger partial charge on any atom is 0.295 e.